The molecule has 2 heterocycles. The quantitative estimate of drug-likeness (QED) is 0.118. The average Bonchev–Trinajstić information content (AvgIpc) is 2.93. The molecule has 5 heteroatoms. The smallest absolute Gasteiger partial charge is 0.162 e. The van der Waals surface area contributed by atoms with E-state index in [1.807, 2.05) is 46.0 Å². The van der Waals surface area contributed by atoms with E-state index in [4.69, 9.17) is 4.98 Å². The molecule has 0 aliphatic heterocycles. The standard InChI is InChI=1S/C22H17N2.C13H24O2.Ir/c1-13-10-11-23-18-12-17-21(24-20(13)18)15-8-4-6-14-7-5-9-16(19(14)15)22(17,2)3;1-5-10(6-2)12(14)9-13(15)11(7-3)8-4;/h4-7,9-12H,1-3H3;9-11,14H,5-8H2,1-4H3;/q-1;;/b;12-9-;. The van der Waals surface area contributed by atoms with Gasteiger partial charge in [0.1, 0.15) is 0 Å². The zero-order valence-electron chi connectivity index (χ0n) is 24.8. The summed E-state index contributed by atoms with van der Waals surface area (Å²) in [5.41, 5.74) is 7.74. The van der Waals surface area contributed by atoms with Crippen molar-refractivity contribution in [3.8, 4) is 11.3 Å². The number of aliphatic hydroxyl groups excluding tert-OH is 1. The third kappa shape index (κ3) is 5.92. The second-order valence-corrected chi connectivity index (χ2v) is 11.1. The number of nitrogens with zero attached hydrogens (tertiary/aromatic N) is 2. The zero-order valence-corrected chi connectivity index (χ0v) is 27.2. The number of aryl methyl sites for hydroxylation is 1. The van der Waals surface area contributed by atoms with Crippen LogP contribution in [-0.4, -0.2) is 20.9 Å². The summed E-state index contributed by atoms with van der Waals surface area (Å²) in [4.78, 5) is 21.3. The number of aliphatic hydroxyl groups is 1. The minimum atomic E-state index is -0.107. The van der Waals surface area contributed by atoms with Crippen molar-refractivity contribution in [1.82, 2.24) is 9.97 Å². The van der Waals surface area contributed by atoms with Gasteiger partial charge in [-0.1, -0.05) is 76.3 Å². The molecule has 2 aromatic heterocycles. The molecule has 5 rings (SSSR count). The molecule has 0 amide bonds. The van der Waals surface area contributed by atoms with Crippen molar-refractivity contribution < 1.29 is 30.0 Å². The molecular formula is C35H41IrN2O2-. The molecule has 0 saturated heterocycles. The summed E-state index contributed by atoms with van der Waals surface area (Å²) in [6.45, 7) is 14.7. The minimum absolute atomic E-state index is 0. The predicted octanol–water partition coefficient (Wildman–Crippen LogP) is 9.07. The zero-order chi connectivity index (χ0) is 28.3. The third-order valence-electron chi connectivity index (χ3n) is 8.42. The van der Waals surface area contributed by atoms with Gasteiger partial charge in [-0.15, -0.1) is 29.1 Å². The van der Waals surface area contributed by atoms with Crippen molar-refractivity contribution in [2.24, 2.45) is 11.8 Å². The fourth-order valence-corrected chi connectivity index (χ4v) is 5.77. The van der Waals surface area contributed by atoms with Gasteiger partial charge in [-0.05, 0) is 56.0 Å². The molecular weight excluding hydrogens is 673 g/mol. The van der Waals surface area contributed by atoms with Crippen LogP contribution in [-0.2, 0) is 30.3 Å². The van der Waals surface area contributed by atoms with E-state index in [1.165, 1.54) is 28.0 Å². The van der Waals surface area contributed by atoms with Gasteiger partial charge in [-0.3, -0.25) is 14.8 Å². The van der Waals surface area contributed by atoms with Gasteiger partial charge in [0, 0.05) is 49.6 Å². The van der Waals surface area contributed by atoms with Gasteiger partial charge in [0.05, 0.1) is 16.8 Å². The summed E-state index contributed by atoms with van der Waals surface area (Å²) in [5, 5.41) is 12.3. The summed E-state index contributed by atoms with van der Waals surface area (Å²) < 4.78 is 0. The van der Waals surface area contributed by atoms with Crippen LogP contribution in [0.2, 0.25) is 0 Å². The van der Waals surface area contributed by atoms with E-state index in [0.29, 0.717) is 0 Å². The summed E-state index contributed by atoms with van der Waals surface area (Å²) in [6.07, 6.45) is 6.77. The van der Waals surface area contributed by atoms with Gasteiger partial charge in [0.15, 0.2) is 5.78 Å². The molecule has 0 saturated carbocycles. The van der Waals surface area contributed by atoms with Crippen molar-refractivity contribution in [2.45, 2.75) is 79.6 Å². The molecule has 4 nitrogen and oxygen atoms in total. The molecule has 4 aromatic rings. The first-order valence-electron chi connectivity index (χ1n) is 14.3. The number of hydrogen-bond acceptors (Lipinski definition) is 4. The number of carbonyl (C=O) groups excluding carboxylic acids is 1. The maximum Gasteiger partial charge on any atom is 0.162 e. The molecule has 0 unspecified atom stereocenters. The Morgan fingerprint density at radius 3 is 2.33 bits per heavy atom. The van der Waals surface area contributed by atoms with E-state index in [2.05, 4.69) is 62.2 Å². The number of hydrogen-bond donors (Lipinski definition) is 1. The van der Waals surface area contributed by atoms with Crippen molar-refractivity contribution in [1.29, 1.82) is 0 Å². The Morgan fingerprint density at radius 1 is 1.00 bits per heavy atom. The molecule has 1 aliphatic carbocycles. The van der Waals surface area contributed by atoms with Crippen molar-refractivity contribution in [3.05, 3.63) is 83.3 Å². The Labute approximate surface area is 252 Å². The number of ketones is 1. The van der Waals surface area contributed by atoms with E-state index >= 15 is 0 Å². The van der Waals surface area contributed by atoms with E-state index in [0.717, 1.165) is 53.5 Å². The normalized spacial score (nSPS) is 13.6. The van der Waals surface area contributed by atoms with Crippen molar-refractivity contribution >= 4 is 27.6 Å². The summed E-state index contributed by atoms with van der Waals surface area (Å²) in [7, 11) is 0. The summed E-state index contributed by atoms with van der Waals surface area (Å²) in [6, 6.07) is 18.4. The summed E-state index contributed by atoms with van der Waals surface area (Å²) in [5.74, 6) is 0.547. The monoisotopic (exact) mass is 714 g/mol. The second-order valence-electron chi connectivity index (χ2n) is 11.1. The maximum atomic E-state index is 11.7. The van der Waals surface area contributed by atoms with Gasteiger partial charge >= 0.3 is 0 Å². The number of benzene rings is 2. The molecule has 2 aromatic carbocycles. The molecule has 1 aliphatic rings. The van der Waals surface area contributed by atoms with E-state index in [9.17, 15) is 9.90 Å². The van der Waals surface area contributed by atoms with Crippen LogP contribution in [0, 0.1) is 24.8 Å². The number of pyridine rings is 2. The van der Waals surface area contributed by atoms with Gasteiger partial charge in [-0.25, -0.2) is 0 Å². The van der Waals surface area contributed by atoms with Crippen LogP contribution >= 0.6 is 0 Å². The molecule has 0 atom stereocenters. The fourth-order valence-electron chi connectivity index (χ4n) is 5.77. The number of fused-ring (bicyclic) bond motifs is 3. The molecule has 0 spiro atoms. The van der Waals surface area contributed by atoms with Gasteiger partial charge in [0.25, 0.3) is 0 Å². The molecule has 1 radical (unpaired) electrons. The van der Waals surface area contributed by atoms with Crippen LogP contribution in [0.1, 0.15) is 83.9 Å². The minimum Gasteiger partial charge on any atom is -0.512 e. The van der Waals surface area contributed by atoms with Crippen LogP contribution in [0.4, 0.5) is 0 Å². The largest absolute Gasteiger partial charge is 0.512 e. The Morgan fingerprint density at radius 2 is 1.68 bits per heavy atom. The van der Waals surface area contributed by atoms with Gasteiger partial charge in [0.2, 0.25) is 0 Å². The second kappa shape index (κ2) is 13.2. The van der Waals surface area contributed by atoms with Crippen molar-refractivity contribution in [2.75, 3.05) is 0 Å². The topological polar surface area (TPSA) is 63.1 Å². The fraction of sp³-hybridized carbons (Fsp3) is 0.400. The number of carbonyl (C=O) groups is 1. The molecule has 0 bridgehead atoms. The summed E-state index contributed by atoms with van der Waals surface area (Å²) >= 11 is 0. The maximum absolute atomic E-state index is 11.7. The first-order chi connectivity index (χ1) is 18.7. The van der Waals surface area contributed by atoms with Crippen molar-refractivity contribution in [3.63, 3.8) is 0 Å². The number of aromatic nitrogens is 2. The Balaban J connectivity index is 0.000000243. The Kier molecular flexibility index (Phi) is 10.4. The van der Waals surface area contributed by atoms with Crippen LogP contribution < -0.4 is 0 Å². The Bertz CT molecular complexity index is 1530. The number of rotatable bonds is 7. The van der Waals surface area contributed by atoms with Crippen LogP contribution in [0.3, 0.4) is 0 Å². The molecule has 0 fully saturated rings. The Hall–Kier alpha value is -2.88. The first kappa shape index (κ1) is 31.6. The number of allylic oxidation sites excluding steroid dienone is 2. The first-order valence-corrected chi connectivity index (χ1v) is 14.3. The SMILES string of the molecule is CCC(CC)C(=O)/C=C(\O)C(CC)CC.Cc1ccnc2cc3c(nc12)-c1[c-]ccc2cccc(c12)C3(C)C.[Ir]. The van der Waals surface area contributed by atoms with E-state index in [1.54, 1.807) is 0 Å². The molecule has 213 valence electrons. The van der Waals surface area contributed by atoms with Crippen LogP contribution in [0.15, 0.2) is 60.5 Å². The van der Waals surface area contributed by atoms with E-state index in [-0.39, 0.29) is 48.9 Å². The van der Waals surface area contributed by atoms with E-state index < -0.39 is 0 Å². The predicted molar refractivity (Wildman–Crippen MR) is 162 cm³/mol. The van der Waals surface area contributed by atoms with Crippen LogP contribution in [0.25, 0.3) is 33.1 Å². The van der Waals surface area contributed by atoms with Gasteiger partial charge < -0.3 is 5.11 Å². The third-order valence-corrected chi connectivity index (χ3v) is 8.42. The molecule has 1 N–H and O–H groups in total. The van der Waals surface area contributed by atoms with Gasteiger partial charge in [-0.2, -0.15) is 0 Å². The average molecular weight is 714 g/mol. The van der Waals surface area contributed by atoms with Crippen LogP contribution in [0.5, 0.6) is 0 Å². The molecule has 40 heavy (non-hydrogen) atoms.